The predicted octanol–water partition coefficient (Wildman–Crippen LogP) is 3.77. The lowest BCUT2D eigenvalue weighted by Crippen LogP contribution is -2.31. The van der Waals surface area contributed by atoms with Crippen molar-refractivity contribution in [1.29, 1.82) is 0 Å². The molecule has 1 aliphatic heterocycles. The molecule has 34 heavy (non-hydrogen) atoms. The molecule has 0 saturated carbocycles. The molecular formula is C22H25N7O4S. The largest absolute Gasteiger partial charge is 0.476 e. The Labute approximate surface area is 199 Å². The number of carbonyl (C=O) groups is 3. The van der Waals surface area contributed by atoms with Gasteiger partial charge in [0.25, 0.3) is 5.91 Å². The highest BCUT2D eigenvalue weighted by Gasteiger charge is 2.19. The summed E-state index contributed by atoms with van der Waals surface area (Å²) in [5.74, 6) is -1.61. The molecule has 12 heteroatoms. The quantitative estimate of drug-likeness (QED) is 0.418. The van der Waals surface area contributed by atoms with Gasteiger partial charge in [-0.25, -0.2) is 19.6 Å². The van der Waals surface area contributed by atoms with Gasteiger partial charge in [0.2, 0.25) is 5.95 Å². The third kappa shape index (κ3) is 5.34. The lowest BCUT2D eigenvalue weighted by molar-refractivity contribution is 0.0690. The van der Waals surface area contributed by atoms with Gasteiger partial charge >= 0.3 is 12.0 Å². The Morgan fingerprint density at radius 3 is 2.56 bits per heavy atom. The van der Waals surface area contributed by atoms with Gasteiger partial charge in [0, 0.05) is 26.3 Å². The van der Waals surface area contributed by atoms with Crippen LogP contribution in [0.15, 0.2) is 30.6 Å². The normalized spacial score (nSPS) is 13.4. The summed E-state index contributed by atoms with van der Waals surface area (Å²) >= 11 is 0.994. The molecule has 1 aromatic carbocycles. The molecule has 2 aromatic heterocycles. The van der Waals surface area contributed by atoms with Gasteiger partial charge in [-0.3, -0.25) is 15.4 Å². The number of carbonyl (C=O) groups excluding carboxylic acids is 2. The fourth-order valence-corrected chi connectivity index (χ4v) is 4.39. The summed E-state index contributed by atoms with van der Waals surface area (Å²) in [5, 5.41) is 17.4. The monoisotopic (exact) mass is 483 g/mol. The first kappa shape index (κ1) is 23.2. The summed E-state index contributed by atoms with van der Waals surface area (Å²) in [4.78, 5) is 46.7. The van der Waals surface area contributed by atoms with Crippen LogP contribution in [0.4, 0.5) is 27.2 Å². The van der Waals surface area contributed by atoms with E-state index in [4.69, 9.17) is 5.11 Å². The number of amides is 3. The first-order chi connectivity index (χ1) is 16.3. The van der Waals surface area contributed by atoms with Crippen molar-refractivity contribution in [2.24, 2.45) is 7.05 Å². The van der Waals surface area contributed by atoms with Crippen LogP contribution in [0.5, 0.6) is 0 Å². The van der Waals surface area contributed by atoms with E-state index >= 15 is 0 Å². The van der Waals surface area contributed by atoms with E-state index in [0.29, 0.717) is 5.69 Å². The molecular weight excluding hydrogens is 458 g/mol. The number of aromatic carboxylic acids is 1. The average Bonchev–Trinajstić information content (AvgIpc) is 3.42. The van der Waals surface area contributed by atoms with E-state index in [1.807, 2.05) is 19.1 Å². The summed E-state index contributed by atoms with van der Waals surface area (Å²) in [6.07, 6.45) is 6.10. The zero-order valence-corrected chi connectivity index (χ0v) is 19.6. The third-order valence-electron chi connectivity index (χ3n) is 5.37. The zero-order chi connectivity index (χ0) is 24.2. The molecule has 178 valence electrons. The lowest BCUT2D eigenvalue weighted by Gasteiger charge is -2.30. The SMILES string of the molecule is Cc1ccc(NC(=O)Nc2ncc(C(=O)Nc3nc(C(=O)O)cn3C)s2)c(N2CCCCC2)c1. The van der Waals surface area contributed by atoms with Gasteiger partial charge in [-0.05, 0) is 43.9 Å². The van der Waals surface area contributed by atoms with Gasteiger partial charge in [-0.2, -0.15) is 0 Å². The topological polar surface area (TPSA) is 141 Å². The van der Waals surface area contributed by atoms with E-state index in [1.165, 1.54) is 23.4 Å². The maximum Gasteiger partial charge on any atom is 0.356 e. The number of nitrogens with one attached hydrogen (secondary N) is 3. The minimum Gasteiger partial charge on any atom is -0.476 e. The van der Waals surface area contributed by atoms with Gasteiger partial charge in [-0.15, -0.1) is 0 Å². The molecule has 4 rings (SSSR count). The van der Waals surface area contributed by atoms with Crippen LogP contribution >= 0.6 is 11.3 Å². The van der Waals surface area contributed by atoms with Crippen LogP contribution in [-0.2, 0) is 7.05 Å². The van der Waals surface area contributed by atoms with Gasteiger partial charge in [-0.1, -0.05) is 17.4 Å². The van der Waals surface area contributed by atoms with Crippen LogP contribution in [0, 0.1) is 6.92 Å². The van der Waals surface area contributed by atoms with Crippen LogP contribution in [0.2, 0.25) is 0 Å². The van der Waals surface area contributed by atoms with Crippen molar-refractivity contribution in [3.8, 4) is 0 Å². The molecule has 1 fully saturated rings. The smallest absolute Gasteiger partial charge is 0.356 e. The van der Waals surface area contributed by atoms with E-state index in [-0.39, 0.29) is 21.7 Å². The molecule has 0 spiro atoms. The van der Waals surface area contributed by atoms with E-state index < -0.39 is 17.9 Å². The molecule has 3 aromatic rings. The molecule has 11 nitrogen and oxygen atoms in total. The molecule has 1 saturated heterocycles. The van der Waals surface area contributed by atoms with Crippen LogP contribution in [0.25, 0.3) is 0 Å². The number of carboxylic acid groups (broad SMARTS) is 1. The van der Waals surface area contributed by atoms with Gasteiger partial charge in [0.15, 0.2) is 10.8 Å². The number of aryl methyl sites for hydroxylation is 2. The van der Waals surface area contributed by atoms with Gasteiger partial charge in [0.1, 0.15) is 4.88 Å². The van der Waals surface area contributed by atoms with Crippen molar-refractivity contribution in [2.45, 2.75) is 26.2 Å². The Hall–Kier alpha value is -3.93. The highest BCUT2D eigenvalue weighted by molar-refractivity contribution is 7.17. The van der Waals surface area contributed by atoms with Gasteiger partial charge < -0.3 is 19.9 Å². The number of carboxylic acids is 1. The first-order valence-corrected chi connectivity index (χ1v) is 11.6. The number of nitrogens with zero attached hydrogens (tertiary/aromatic N) is 4. The number of imidazole rings is 1. The standard InChI is InChI=1S/C22H25N7O4S/c1-13-6-7-14(16(10-13)29-8-4-3-5-9-29)25-21(33)27-22-23-11-17(34-22)18(30)26-20-24-15(19(31)32)12-28(20)2/h6-7,10-12H,3-5,8-9H2,1-2H3,(H,31,32)(H,24,26,30)(H2,23,25,27,33). The molecule has 3 heterocycles. The maximum absolute atomic E-state index is 12.6. The third-order valence-corrected chi connectivity index (χ3v) is 6.28. The van der Waals surface area contributed by atoms with Gasteiger partial charge in [0.05, 0.1) is 17.6 Å². The van der Waals surface area contributed by atoms with E-state index in [1.54, 1.807) is 7.05 Å². The zero-order valence-electron chi connectivity index (χ0n) is 18.8. The molecule has 0 bridgehead atoms. The Bertz CT molecular complexity index is 1230. The van der Waals surface area contributed by atoms with Crippen molar-refractivity contribution in [2.75, 3.05) is 33.9 Å². The summed E-state index contributed by atoms with van der Waals surface area (Å²) < 4.78 is 1.40. The summed E-state index contributed by atoms with van der Waals surface area (Å²) in [6.45, 7) is 3.93. The van der Waals surface area contributed by atoms with Crippen LogP contribution in [0.3, 0.4) is 0 Å². The second kappa shape index (κ2) is 9.91. The average molecular weight is 484 g/mol. The molecule has 1 aliphatic rings. The fourth-order valence-electron chi connectivity index (χ4n) is 3.68. The number of hydrogen-bond acceptors (Lipinski definition) is 7. The minimum atomic E-state index is -1.19. The number of anilines is 4. The minimum absolute atomic E-state index is 0.0904. The number of aromatic nitrogens is 3. The Morgan fingerprint density at radius 1 is 1.09 bits per heavy atom. The highest BCUT2D eigenvalue weighted by Crippen LogP contribution is 2.30. The number of rotatable bonds is 6. The lowest BCUT2D eigenvalue weighted by atomic mass is 10.1. The number of benzene rings is 1. The van der Waals surface area contributed by atoms with Crippen molar-refractivity contribution < 1.29 is 19.5 Å². The first-order valence-electron chi connectivity index (χ1n) is 10.8. The summed E-state index contributed by atoms with van der Waals surface area (Å²) in [6, 6.07) is 5.44. The molecule has 4 N–H and O–H groups in total. The second-order valence-electron chi connectivity index (χ2n) is 8.00. The molecule has 3 amide bonds. The summed E-state index contributed by atoms with van der Waals surface area (Å²) in [5.41, 5.74) is 2.64. The predicted molar refractivity (Wildman–Crippen MR) is 130 cm³/mol. The van der Waals surface area contributed by atoms with Crippen LogP contribution in [0.1, 0.15) is 45.0 Å². The van der Waals surface area contributed by atoms with E-state index in [9.17, 15) is 14.4 Å². The second-order valence-corrected chi connectivity index (χ2v) is 9.03. The molecule has 0 aliphatic carbocycles. The highest BCUT2D eigenvalue weighted by atomic mass is 32.1. The van der Waals surface area contributed by atoms with Crippen molar-refractivity contribution in [3.63, 3.8) is 0 Å². The Kier molecular flexibility index (Phi) is 6.77. The van der Waals surface area contributed by atoms with Crippen molar-refractivity contribution in [1.82, 2.24) is 14.5 Å². The number of hydrogen-bond donors (Lipinski definition) is 4. The number of piperidine rings is 1. The maximum atomic E-state index is 12.6. The molecule has 0 radical (unpaired) electrons. The molecule has 0 unspecified atom stereocenters. The summed E-state index contributed by atoms with van der Waals surface area (Å²) in [7, 11) is 1.57. The van der Waals surface area contributed by atoms with E-state index in [2.05, 4.69) is 36.9 Å². The number of thiazole rings is 1. The van der Waals surface area contributed by atoms with Crippen LogP contribution < -0.4 is 20.9 Å². The fraction of sp³-hybridized carbons (Fsp3) is 0.318. The van der Waals surface area contributed by atoms with Crippen molar-refractivity contribution in [3.05, 3.63) is 46.7 Å². The Balaban J connectivity index is 1.40. The number of urea groups is 1. The molecule has 0 atom stereocenters. The van der Waals surface area contributed by atoms with E-state index in [0.717, 1.165) is 48.5 Å². The van der Waals surface area contributed by atoms with Crippen LogP contribution in [-0.4, -0.2) is 50.6 Å². The Morgan fingerprint density at radius 2 is 1.85 bits per heavy atom. The van der Waals surface area contributed by atoms with Crippen molar-refractivity contribution >= 4 is 51.7 Å².